The van der Waals surface area contributed by atoms with Gasteiger partial charge in [-0.1, -0.05) is 19.1 Å². The van der Waals surface area contributed by atoms with Crippen LogP contribution in [0.2, 0.25) is 0 Å². The first-order valence-electron chi connectivity index (χ1n) is 7.05. The van der Waals surface area contributed by atoms with E-state index in [2.05, 4.69) is 37.8 Å². The molecular formula is C16H25NO2. The maximum absolute atomic E-state index is 9.83. The number of rotatable bonds is 4. The average molecular weight is 263 g/mol. The van der Waals surface area contributed by atoms with E-state index in [0.717, 1.165) is 31.7 Å². The highest BCUT2D eigenvalue weighted by Gasteiger charge is 2.37. The Morgan fingerprint density at radius 2 is 2.16 bits per heavy atom. The number of hydrogen-bond donors (Lipinski definition) is 1. The maximum atomic E-state index is 9.83. The second kappa shape index (κ2) is 5.51. The van der Waals surface area contributed by atoms with E-state index in [1.165, 1.54) is 11.1 Å². The summed E-state index contributed by atoms with van der Waals surface area (Å²) < 4.78 is 5.37. The van der Waals surface area contributed by atoms with Crippen LogP contribution < -0.4 is 4.74 Å². The first-order chi connectivity index (χ1) is 8.96. The van der Waals surface area contributed by atoms with Crippen LogP contribution in [0.4, 0.5) is 0 Å². The summed E-state index contributed by atoms with van der Waals surface area (Å²) in [5.74, 6) is 0.965. The van der Waals surface area contributed by atoms with Crippen LogP contribution in [0.25, 0.3) is 0 Å². The Morgan fingerprint density at radius 3 is 2.68 bits per heavy atom. The van der Waals surface area contributed by atoms with Crippen LogP contribution in [0.5, 0.6) is 5.75 Å². The molecule has 19 heavy (non-hydrogen) atoms. The maximum Gasteiger partial charge on any atom is 0.122 e. The number of nitrogens with zero attached hydrogens (tertiary/aromatic N) is 1. The van der Waals surface area contributed by atoms with E-state index in [1.807, 2.05) is 6.07 Å². The third-order valence-electron chi connectivity index (χ3n) is 4.12. The van der Waals surface area contributed by atoms with Gasteiger partial charge in [0.1, 0.15) is 5.75 Å². The van der Waals surface area contributed by atoms with Crippen molar-refractivity contribution in [2.24, 2.45) is 0 Å². The number of methoxy groups -OCH3 is 1. The Hall–Kier alpha value is -1.06. The highest BCUT2D eigenvalue weighted by molar-refractivity contribution is 5.37. The zero-order valence-corrected chi connectivity index (χ0v) is 12.4. The molecule has 1 heterocycles. The second-order valence-electron chi connectivity index (χ2n) is 6.05. The van der Waals surface area contributed by atoms with Crippen LogP contribution in [0.3, 0.4) is 0 Å². The molecule has 0 aromatic heterocycles. The molecular weight excluding hydrogens is 238 g/mol. The van der Waals surface area contributed by atoms with Gasteiger partial charge in [0.2, 0.25) is 0 Å². The van der Waals surface area contributed by atoms with Gasteiger partial charge in [0, 0.05) is 18.6 Å². The molecule has 0 radical (unpaired) electrons. The van der Waals surface area contributed by atoms with E-state index < -0.39 is 0 Å². The normalized spacial score (nSPS) is 22.7. The molecule has 1 N–H and O–H groups in total. The minimum atomic E-state index is -0.195. The molecule has 0 amide bonds. The summed E-state index contributed by atoms with van der Waals surface area (Å²) in [7, 11) is 1.72. The van der Waals surface area contributed by atoms with Crippen LogP contribution in [0.15, 0.2) is 18.2 Å². The number of likely N-dealkylation sites (tertiary alicyclic amines) is 1. The number of β-amino-alcohol motifs (C(OH)–C–C–N with tert-alkyl or cyclic N) is 1. The molecule has 1 unspecified atom stereocenters. The van der Waals surface area contributed by atoms with Gasteiger partial charge in [0.15, 0.2) is 0 Å². The lowest BCUT2D eigenvalue weighted by Gasteiger charge is -2.31. The minimum Gasteiger partial charge on any atom is -0.496 e. The van der Waals surface area contributed by atoms with Gasteiger partial charge < -0.3 is 9.84 Å². The molecule has 1 saturated heterocycles. The van der Waals surface area contributed by atoms with E-state index in [9.17, 15) is 5.11 Å². The Balaban J connectivity index is 2.15. The quantitative estimate of drug-likeness (QED) is 0.906. The van der Waals surface area contributed by atoms with Crippen LogP contribution in [0, 0.1) is 0 Å². The summed E-state index contributed by atoms with van der Waals surface area (Å²) in [6.07, 6.45) is 1.63. The third kappa shape index (κ3) is 3.10. The van der Waals surface area contributed by atoms with Gasteiger partial charge in [-0.25, -0.2) is 0 Å². The smallest absolute Gasteiger partial charge is 0.122 e. The SMILES string of the molecule is CCc1cc(CN2CC(O)CC2(C)C)ccc1OC. The fraction of sp³-hybridized carbons (Fsp3) is 0.625. The van der Waals surface area contributed by atoms with Crippen molar-refractivity contribution in [1.82, 2.24) is 4.90 Å². The molecule has 0 aliphatic carbocycles. The van der Waals surface area contributed by atoms with E-state index in [4.69, 9.17) is 4.74 Å². The predicted molar refractivity (Wildman–Crippen MR) is 77.5 cm³/mol. The van der Waals surface area contributed by atoms with Gasteiger partial charge >= 0.3 is 0 Å². The Kier molecular flexibility index (Phi) is 4.16. The lowest BCUT2D eigenvalue weighted by atomic mass is 10.00. The van der Waals surface area contributed by atoms with Crippen molar-refractivity contribution in [3.05, 3.63) is 29.3 Å². The van der Waals surface area contributed by atoms with Gasteiger partial charge in [0.05, 0.1) is 13.2 Å². The number of aryl methyl sites for hydroxylation is 1. The molecule has 1 aliphatic heterocycles. The largest absolute Gasteiger partial charge is 0.496 e. The Bertz CT molecular complexity index is 442. The van der Waals surface area contributed by atoms with Crippen molar-refractivity contribution in [2.75, 3.05) is 13.7 Å². The molecule has 1 aliphatic rings. The monoisotopic (exact) mass is 263 g/mol. The molecule has 0 bridgehead atoms. The molecule has 3 heteroatoms. The number of aliphatic hydroxyl groups is 1. The first kappa shape index (κ1) is 14.4. The predicted octanol–water partition coefficient (Wildman–Crippen LogP) is 2.60. The van der Waals surface area contributed by atoms with Crippen LogP contribution in [-0.2, 0) is 13.0 Å². The third-order valence-corrected chi connectivity index (χ3v) is 4.12. The lowest BCUT2D eigenvalue weighted by Crippen LogP contribution is -2.37. The Morgan fingerprint density at radius 1 is 1.42 bits per heavy atom. The van der Waals surface area contributed by atoms with Crippen LogP contribution in [-0.4, -0.2) is 35.3 Å². The van der Waals surface area contributed by atoms with Crippen molar-refractivity contribution < 1.29 is 9.84 Å². The van der Waals surface area contributed by atoms with Crippen molar-refractivity contribution in [3.63, 3.8) is 0 Å². The van der Waals surface area contributed by atoms with E-state index >= 15 is 0 Å². The highest BCUT2D eigenvalue weighted by atomic mass is 16.5. The summed E-state index contributed by atoms with van der Waals surface area (Å²) in [5.41, 5.74) is 2.61. The number of aliphatic hydroxyl groups excluding tert-OH is 1. The van der Waals surface area contributed by atoms with Crippen LogP contribution in [0.1, 0.15) is 38.3 Å². The van der Waals surface area contributed by atoms with Gasteiger partial charge in [-0.05, 0) is 43.9 Å². The summed E-state index contributed by atoms with van der Waals surface area (Å²) >= 11 is 0. The number of benzene rings is 1. The summed E-state index contributed by atoms with van der Waals surface area (Å²) in [6.45, 7) is 8.20. The molecule has 1 atom stereocenters. The van der Waals surface area contributed by atoms with Crippen molar-refractivity contribution >= 4 is 0 Å². The first-order valence-corrected chi connectivity index (χ1v) is 7.05. The van der Waals surface area contributed by atoms with E-state index in [1.54, 1.807) is 7.11 Å². The van der Waals surface area contributed by atoms with E-state index in [-0.39, 0.29) is 11.6 Å². The van der Waals surface area contributed by atoms with Gasteiger partial charge in [-0.2, -0.15) is 0 Å². The van der Waals surface area contributed by atoms with Crippen molar-refractivity contribution in [2.45, 2.75) is 51.8 Å². The van der Waals surface area contributed by atoms with Gasteiger partial charge in [0.25, 0.3) is 0 Å². The zero-order chi connectivity index (χ0) is 14.0. The minimum absolute atomic E-state index is 0.0751. The molecule has 0 spiro atoms. The lowest BCUT2D eigenvalue weighted by molar-refractivity contribution is 0.156. The highest BCUT2D eigenvalue weighted by Crippen LogP contribution is 2.31. The molecule has 1 aromatic carbocycles. The molecule has 3 nitrogen and oxygen atoms in total. The van der Waals surface area contributed by atoms with Gasteiger partial charge in [-0.15, -0.1) is 0 Å². The molecule has 1 fully saturated rings. The fourth-order valence-corrected chi connectivity index (χ4v) is 2.98. The Labute approximate surface area is 116 Å². The number of hydrogen-bond acceptors (Lipinski definition) is 3. The molecule has 106 valence electrons. The molecule has 1 aromatic rings. The second-order valence-corrected chi connectivity index (χ2v) is 6.05. The summed E-state index contributed by atoms with van der Waals surface area (Å²) in [5, 5.41) is 9.83. The number of ether oxygens (including phenoxy) is 1. The summed E-state index contributed by atoms with van der Waals surface area (Å²) in [4.78, 5) is 2.36. The zero-order valence-electron chi connectivity index (χ0n) is 12.4. The van der Waals surface area contributed by atoms with E-state index in [0.29, 0.717) is 0 Å². The standard InChI is InChI=1S/C16H25NO2/c1-5-13-8-12(6-7-15(13)19-4)10-17-11-14(18)9-16(17,2)3/h6-8,14,18H,5,9-11H2,1-4H3. The van der Waals surface area contributed by atoms with Crippen molar-refractivity contribution in [1.29, 1.82) is 0 Å². The molecule has 0 saturated carbocycles. The van der Waals surface area contributed by atoms with Crippen molar-refractivity contribution in [3.8, 4) is 5.75 Å². The van der Waals surface area contributed by atoms with Crippen LogP contribution >= 0.6 is 0 Å². The molecule has 2 rings (SSSR count). The fourth-order valence-electron chi connectivity index (χ4n) is 2.98. The summed E-state index contributed by atoms with van der Waals surface area (Å²) in [6, 6.07) is 6.39. The van der Waals surface area contributed by atoms with Gasteiger partial charge in [-0.3, -0.25) is 4.90 Å². The average Bonchev–Trinajstić information content (AvgIpc) is 2.62. The topological polar surface area (TPSA) is 32.7 Å².